The van der Waals surface area contributed by atoms with Crippen molar-refractivity contribution in [3.8, 4) is 0 Å². The fourth-order valence-corrected chi connectivity index (χ4v) is 4.05. The molecular formula is C18H32N4OS. The first-order valence-electron chi connectivity index (χ1n) is 8.98. The highest BCUT2D eigenvalue weighted by Gasteiger charge is 2.33. The van der Waals surface area contributed by atoms with Crippen LogP contribution in [0.1, 0.15) is 49.7 Å². The lowest BCUT2D eigenvalue weighted by Gasteiger charge is -2.28. The minimum Gasteiger partial charge on any atom is -0.385 e. The van der Waals surface area contributed by atoms with Gasteiger partial charge in [0.1, 0.15) is 0 Å². The zero-order valence-corrected chi connectivity index (χ0v) is 16.4. The monoisotopic (exact) mass is 352 g/mol. The predicted molar refractivity (Wildman–Crippen MR) is 102 cm³/mol. The van der Waals surface area contributed by atoms with Gasteiger partial charge in [-0.3, -0.25) is 4.99 Å². The molecule has 0 unspecified atom stereocenters. The number of thiazole rings is 1. The second-order valence-electron chi connectivity index (χ2n) is 6.83. The van der Waals surface area contributed by atoms with E-state index in [1.54, 1.807) is 18.4 Å². The minimum atomic E-state index is 0.328. The van der Waals surface area contributed by atoms with Crippen molar-refractivity contribution in [2.75, 3.05) is 33.9 Å². The maximum atomic E-state index is 5.33. The zero-order chi connectivity index (χ0) is 17.4. The Hall–Kier alpha value is -1.14. The Morgan fingerprint density at radius 3 is 2.79 bits per heavy atom. The number of hydrogen-bond donors (Lipinski definition) is 1. The van der Waals surface area contributed by atoms with Crippen LogP contribution in [-0.2, 0) is 11.3 Å². The lowest BCUT2D eigenvalue weighted by Crippen LogP contribution is -2.39. The first-order valence-corrected chi connectivity index (χ1v) is 9.86. The highest BCUT2D eigenvalue weighted by Crippen LogP contribution is 2.41. The van der Waals surface area contributed by atoms with Gasteiger partial charge in [0.15, 0.2) is 5.96 Å². The lowest BCUT2D eigenvalue weighted by atomic mass is 9.83. The summed E-state index contributed by atoms with van der Waals surface area (Å²) in [6.07, 6.45) is 6.30. The fraction of sp³-hybridized carbons (Fsp3) is 0.778. The van der Waals surface area contributed by atoms with E-state index in [0.29, 0.717) is 5.41 Å². The van der Waals surface area contributed by atoms with E-state index in [0.717, 1.165) is 49.3 Å². The van der Waals surface area contributed by atoms with E-state index in [4.69, 9.17) is 9.73 Å². The van der Waals surface area contributed by atoms with E-state index in [9.17, 15) is 0 Å². The third-order valence-corrected chi connectivity index (χ3v) is 5.65. The van der Waals surface area contributed by atoms with E-state index in [2.05, 4.69) is 34.6 Å². The molecular weight excluding hydrogens is 320 g/mol. The predicted octanol–water partition coefficient (Wildman–Crippen LogP) is 3.45. The Morgan fingerprint density at radius 1 is 1.46 bits per heavy atom. The van der Waals surface area contributed by atoms with E-state index < -0.39 is 0 Å². The maximum Gasteiger partial charge on any atom is 0.194 e. The molecule has 0 amide bonds. The number of guanidine groups is 1. The van der Waals surface area contributed by atoms with Gasteiger partial charge >= 0.3 is 0 Å². The molecule has 24 heavy (non-hydrogen) atoms. The van der Waals surface area contributed by atoms with Crippen molar-refractivity contribution < 1.29 is 4.74 Å². The first kappa shape index (κ1) is 19.2. The van der Waals surface area contributed by atoms with Crippen molar-refractivity contribution in [2.24, 2.45) is 10.4 Å². The van der Waals surface area contributed by atoms with Crippen molar-refractivity contribution >= 4 is 17.3 Å². The number of nitrogens with zero attached hydrogens (tertiary/aromatic N) is 3. The van der Waals surface area contributed by atoms with Crippen LogP contribution in [0.3, 0.4) is 0 Å². The van der Waals surface area contributed by atoms with Crippen LogP contribution < -0.4 is 5.32 Å². The summed E-state index contributed by atoms with van der Waals surface area (Å²) in [6.45, 7) is 7.56. The molecule has 1 aliphatic carbocycles. The number of aliphatic imine (C=N–C) groups is 1. The molecule has 1 N–H and O–H groups in total. The Morgan fingerprint density at radius 2 is 2.21 bits per heavy atom. The SMILES string of the molecule is CCNC(=NCC1(CCOC)CCCC1)N(C)Cc1csc(C)n1. The molecule has 136 valence electrons. The van der Waals surface area contributed by atoms with Crippen LogP contribution in [-0.4, -0.2) is 49.7 Å². The van der Waals surface area contributed by atoms with Gasteiger partial charge in [-0.15, -0.1) is 11.3 Å². The van der Waals surface area contributed by atoms with Crippen LogP contribution >= 0.6 is 11.3 Å². The molecule has 0 saturated heterocycles. The van der Waals surface area contributed by atoms with Gasteiger partial charge in [0.25, 0.3) is 0 Å². The van der Waals surface area contributed by atoms with E-state index in [-0.39, 0.29) is 0 Å². The summed E-state index contributed by atoms with van der Waals surface area (Å²) in [5, 5.41) is 6.67. The van der Waals surface area contributed by atoms with Gasteiger partial charge < -0.3 is 15.0 Å². The zero-order valence-electron chi connectivity index (χ0n) is 15.6. The molecule has 1 aromatic heterocycles. The summed E-state index contributed by atoms with van der Waals surface area (Å²) < 4.78 is 5.33. The Bertz CT molecular complexity index is 523. The third-order valence-electron chi connectivity index (χ3n) is 4.83. The van der Waals surface area contributed by atoms with Crippen molar-refractivity contribution in [3.05, 3.63) is 16.1 Å². The third kappa shape index (κ3) is 5.45. The lowest BCUT2D eigenvalue weighted by molar-refractivity contribution is 0.141. The van der Waals surface area contributed by atoms with Crippen molar-refractivity contribution in [1.29, 1.82) is 0 Å². The number of methoxy groups -OCH3 is 1. The molecule has 0 aromatic carbocycles. The molecule has 1 saturated carbocycles. The standard InChI is InChI=1S/C18H32N4OS/c1-5-19-17(22(3)12-16-13-24-15(2)21-16)20-14-18(10-11-23-4)8-6-7-9-18/h13H,5-12,14H2,1-4H3,(H,19,20). The van der Waals surface area contributed by atoms with Gasteiger partial charge in [-0.25, -0.2) is 4.98 Å². The van der Waals surface area contributed by atoms with Crippen LogP contribution in [0.25, 0.3) is 0 Å². The molecule has 6 heteroatoms. The Kier molecular flexibility index (Phi) is 7.49. The van der Waals surface area contributed by atoms with Gasteiger partial charge in [-0.05, 0) is 38.5 Å². The number of hydrogen-bond acceptors (Lipinski definition) is 4. The van der Waals surface area contributed by atoms with Gasteiger partial charge in [-0.2, -0.15) is 0 Å². The van der Waals surface area contributed by atoms with E-state index >= 15 is 0 Å². The summed E-state index contributed by atoms with van der Waals surface area (Å²) >= 11 is 1.70. The van der Waals surface area contributed by atoms with Crippen LogP contribution in [0.2, 0.25) is 0 Å². The van der Waals surface area contributed by atoms with Crippen molar-refractivity contribution in [1.82, 2.24) is 15.2 Å². The van der Waals surface area contributed by atoms with Crippen molar-refractivity contribution in [2.45, 2.75) is 52.5 Å². The molecule has 1 fully saturated rings. The van der Waals surface area contributed by atoms with Crippen LogP contribution in [0.15, 0.2) is 10.4 Å². The number of nitrogens with one attached hydrogen (secondary N) is 1. The van der Waals surface area contributed by atoms with Gasteiger partial charge in [0, 0.05) is 39.2 Å². The molecule has 0 spiro atoms. The number of aromatic nitrogens is 1. The molecule has 5 nitrogen and oxygen atoms in total. The van der Waals surface area contributed by atoms with Crippen LogP contribution in [0, 0.1) is 12.3 Å². The van der Waals surface area contributed by atoms with Gasteiger partial charge in [0.05, 0.1) is 17.2 Å². The summed E-state index contributed by atoms with van der Waals surface area (Å²) in [6, 6.07) is 0. The Labute approximate surface area is 150 Å². The Balaban J connectivity index is 2.02. The molecule has 0 aliphatic heterocycles. The molecule has 0 radical (unpaired) electrons. The normalized spacial score (nSPS) is 17.2. The molecule has 1 aliphatic rings. The molecule has 0 bridgehead atoms. The number of rotatable bonds is 8. The maximum absolute atomic E-state index is 5.33. The molecule has 1 aromatic rings. The minimum absolute atomic E-state index is 0.328. The molecule has 1 heterocycles. The summed E-state index contributed by atoms with van der Waals surface area (Å²) in [4.78, 5) is 11.7. The molecule has 0 atom stereocenters. The van der Waals surface area contributed by atoms with Gasteiger partial charge in [-0.1, -0.05) is 12.8 Å². The van der Waals surface area contributed by atoms with E-state index in [1.165, 1.54) is 25.7 Å². The smallest absolute Gasteiger partial charge is 0.194 e. The average Bonchev–Trinajstić information content (AvgIpc) is 3.19. The van der Waals surface area contributed by atoms with Crippen molar-refractivity contribution in [3.63, 3.8) is 0 Å². The van der Waals surface area contributed by atoms with Crippen LogP contribution in [0.4, 0.5) is 0 Å². The second-order valence-corrected chi connectivity index (χ2v) is 7.90. The summed E-state index contributed by atoms with van der Waals surface area (Å²) in [5.41, 5.74) is 1.44. The second kappa shape index (κ2) is 9.37. The highest BCUT2D eigenvalue weighted by atomic mass is 32.1. The quantitative estimate of drug-likeness (QED) is 0.575. The average molecular weight is 353 g/mol. The topological polar surface area (TPSA) is 49.8 Å². The van der Waals surface area contributed by atoms with Gasteiger partial charge in [0.2, 0.25) is 0 Å². The number of ether oxygens (including phenoxy) is 1. The first-order chi connectivity index (χ1) is 11.6. The summed E-state index contributed by atoms with van der Waals surface area (Å²) in [5.74, 6) is 0.979. The highest BCUT2D eigenvalue weighted by molar-refractivity contribution is 7.09. The fourth-order valence-electron chi connectivity index (χ4n) is 3.44. The number of aryl methyl sites for hydroxylation is 1. The van der Waals surface area contributed by atoms with Crippen LogP contribution in [0.5, 0.6) is 0 Å². The summed E-state index contributed by atoms with van der Waals surface area (Å²) in [7, 11) is 3.88. The van der Waals surface area contributed by atoms with E-state index in [1.807, 2.05) is 6.92 Å². The largest absolute Gasteiger partial charge is 0.385 e. The molecule has 2 rings (SSSR count).